The topological polar surface area (TPSA) is 58.5 Å². The summed E-state index contributed by atoms with van der Waals surface area (Å²) >= 11 is 0. The largest absolute Gasteiger partial charge is 0.272 e. The van der Waals surface area contributed by atoms with Gasteiger partial charge in [-0.3, -0.25) is 4.79 Å². The molecule has 0 radical (unpaired) electrons. The highest BCUT2D eigenvalue weighted by Crippen LogP contribution is 2.24. The number of hydrogen-bond donors (Lipinski definition) is 0. The van der Waals surface area contributed by atoms with Gasteiger partial charge in [0.25, 0.3) is 11.9 Å². The molecule has 0 spiro atoms. The van der Waals surface area contributed by atoms with Gasteiger partial charge in [0.2, 0.25) is 0 Å². The molecule has 0 bridgehead atoms. The predicted octanol–water partition coefficient (Wildman–Crippen LogP) is 2.62. The lowest BCUT2D eigenvalue weighted by Crippen LogP contribution is -2.28. The van der Waals surface area contributed by atoms with Crippen molar-refractivity contribution in [1.29, 1.82) is 0 Å². The molecular formula is C14H20N4O. The van der Waals surface area contributed by atoms with E-state index in [9.17, 15) is 4.79 Å². The monoisotopic (exact) mass is 260 g/mol. The Morgan fingerprint density at radius 3 is 2.42 bits per heavy atom. The second-order valence-corrected chi connectivity index (χ2v) is 5.04. The van der Waals surface area contributed by atoms with Crippen LogP contribution in [0.2, 0.25) is 0 Å². The van der Waals surface area contributed by atoms with E-state index < -0.39 is 0 Å². The molecule has 0 unspecified atom stereocenters. The zero-order chi connectivity index (χ0) is 14.0. The normalized spacial score (nSPS) is 18.9. The molecule has 19 heavy (non-hydrogen) atoms. The fourth-order valence-corrected chi connectivity index (χ4v) is 2.29. The average Bonchev–Trinajstić information content (AvgIpc) is 2.61. The van der Waals surface area contributed by atoms with E-state index in [1.807, 2.05) is 26.8 Å². The first kappa shape index (κ1) is 13.6. The third-order valence-electron chi connectivity index (χ3n) is 3.28. The van der Waals surface area contributed by atoms with Crippen LogP contribution < -0.4 is 5.01 Å². The summed E-state index contributed by atoms with van der Waals surface area (Å²) in [4.78, 5) is 21.0. The number of hydrogen-bond acceptors (Lipinski definition) is 4. The van der Waals surface area contributed by atoms with Gasteiger partial charge < -0.3 is 0 Å². The quantitative estimate of drug-likeness (QED) is 0.836. The van der Waals surface area contributed by atoms with Crippen molar-refractivity contribution in [3.05, 3.63) is 17.5 Å². The third kappa shape index (κ3) is 2.80. The van der Waals surface area contributed by atoms with Crippen molar-refractivity contribution < 1.29 is 4.79 Å². The van der Waals surface area contributed by atoms with E-state index in [0.29, 0.717) is 5.95 Å². The smallest absolute Gasteiger partial charge is 0.258 e. The molecule has 0 fully saturated rings. The minimum atomic E-state index is -0.107. The molecule has 1 atom stereocenters. The maximum absolute atomic E-state index is 12.4. The first-order chi connectivity index (χ1) is 9.02. The van der Waals surface area contributed by atoms with E-state index in [1.54, 1.807) is 0 Å². The van der Waals surface area contributed by atoms with Gasteiger partial charge in [-0.2, -0.15) is 10.1 Å². The second-order valence-electron chi connectivity index (χ2n) is 5.04. The highest BCUT2D eigenvalue weighted by Gasteiger charge is 2.35. The lowest BCUT2D eigenvalue weighted by atomic mass is 9.98. The van der Waals surface area contributed by atoms with Crippen LogP contribution in [0, 0.1) is 19.8 Å². The second kappa shape index (κ2) is 5.47. The van der Waals surface area contributed by atoms with E-state index in [-0.39, 0.29) is 11.8 Å². The van der Waals surface area contributed by atoms with Crippen LogP contribution in [0.15, 0.2) is 11.2 Å². The zero-order valence-corrected chi connectivity index (χ0v) is 12.0. The van der Waals surface area contributed by atoms with E-state index >= 15 is 0 Å². The van der Waals surface area contributed by atoms with Crippen molar-refractivity contribution in [1.82, 2.24) is 9.97 Å². The number of anilines is 1. The van der Waals surface area contributed by atoms with E-state index in [4.69, 9.17) is 0 Å². The van der Waals surface area contributed by atoms with Gasteiger partial charge in [-0.1, -0.05) is 19.8 Å². The molecule has 2 rings (SSSR count). The van der Waals surface area contributed by atoms with Gasteiger partial charge in [-0.05, 0) is 33.3 Å². The first-order valence-electron chi connectivity index (χ1n) is 6.74. The van der Waals surface area contributed by atoms with Crippen LogP contribution >= 0.6 is 0 Å². The van der Waals surface area contributed by atoms with Crippen molar-refractivity contribution in [3.8, 4) is 0 Å². The summed E-state index contributed by atoms with van der Waals surface area (Å²) < 4.78 is 0. The summed E-state index contributed by atoms with van der Waals surface area (Å²) in [7, 11) is 0. The number of rotatable bonds is 4. The number of amides is 1. The van der Waals surface area contributed by atoms with Crippen LogP contribution in [0.5, 0.6) is 0 Å². The number of hydrazone groups is 1. The molecule has 1 aromatic rings. The van der Waals surface area contributed by atoms with Gasteiger partial charge in [-0.15, -0.1) is 0 Å². The van der Waals surface area contributed by atoms with Crippen molar-refractivity contribution in [2.24, 2.45) is 11.0 Å². The highest BCUT2D eigenvalue weighted by molar-refractivity contribution is 6.14. The highest BCUT2D eigenvalue weighted by atomic mass is 16.2. The molecule has 5 nitrogen and oxygen atoms in total. The number of aryl methyl sites for hydroxylation is 2. The van der Waals surface area contributed by atoms with Crippen molar-refractivity contribution >= 4 is 17.6 Å². The fourth-order valence-electron chi connectivity index (χ4n) is 2.29. The van der Waals surface area contributed by atoms with Crippen LogP contribution in [0.4, 0.5) is 5.95 Å². The number of carbonyl (C=O) groups excluding carboxylic acids is 1. The van der Waals surface area contributed by atoms with Crippen molar-refractivity contribution in [2.45, 2.75) is 47.0 Å². The average molecular weight is 260 g/mol. The molecule has 0 saturated heterocycles. The van der Waals surface area contributed by atoms with E-state index in [2.05, 4.69) is 22.0 Å². The summed E-state index contributed by atoms with van der Waals surface area (Å²) in [6.07, 6.45) is 2.97. The fraction of sp³-hybridized carbons (Fsp3) is 0.571. The van der Waals surface area contributed by atoms with Crippen molar-refractivity contribution in [2.75, 3.05) is 5.01 Å². The first-order valence-corrected chi connectivity index (χ1v) is 6.74. The molecule has 1 amide bonds. The third-order valence-corrected chi connectivity index (χ3v) is 3.28. The summed E-state index contributed by atoms with van der Waals surface area (Å²) in [5, 5.41) is 5.69. The van der Waals surface area contributed by atoms with E-state index in [0.717, 1.165) is 36.4 Å². The Balaban J connectivity index is 2.25. The van der Waals surface area contributed by atoms with Gasteiger partial charge in [0.05, 0.1) is 5.92 Å². The summed E-state index contributed by atoms with van der Waals surface area (Å²) in [6, 6.07) is 1.88. The lowest BCUT2D eigenvalue weighted by Gasteiger charge is -2.13. The van der Waals surface area contributed by atoms with Gasteiger partial charge in [0, 0.05) is 17.1 Å². The molecule has 1 aliphatic rings. The molecule has 102 valence electrons. The summed E-state index contributed by atoms with van der Waals surface area (Å²) in [5.74, 6) is 0.279. The summed E-state index contributed by atoms with van der Waals surface area (Å²) in [6.45, 7) is 7.81. The van der Waals surface area contributed by atoms with Gasteiger partial charge >= 0.3 is 0 Å². The molecule has 1 aromatic heterocycles. The maximum Gasteiger partial charge on any atom is 0.258 e. The molecule has 0 saturated carbocycles. The minimum absolute atomic E-state index is 0.00375. The maximum atomic E-state index is 12.4. The van der Waals surface area contributed by atoms with Gasteiger partial charge in [0.15, 0.2) is 0 Å². The Kier molecular flexibility index (Phi) is 3.93. The van der Waals surface area contributed by atoms with Crippen molar-refractivity contribution in [3.63, 3.8) is 0 Å². The standard InChI is InChI=1S/C14H20N4O/c1-5-6-7-12-11(4)17-18(13(12)19)14-15-9(2)8-10(3)16-14/h8,12H,5-7H2,1-4H3/t12-/m1/s1. The van der Waals surface area contributed by atoms with Crippen LogP contribution in [0.1, 0.15) is 44.5 Å². The Labute approximate surface area is 113 Å². The number of aromatic nitrogens is 2. The van der Waals surface area contributed by atoms with Gasteiger partial charge in [-0.25, -0.2) is 9.97 Å². The van der Waals surface area contributed by atoms with Crippen LogP contribution in [0.3, 0.4) is 0 Å². The Morgan fingerprint density at radius 1 is 1.21 bits per heavy atom. The summed E-state index contributed by atoms with van der Waals surface area (Å²) in [5.41, 5.74) is 2.56. The molecule has 1 aliphatic heterocycles. The molecule has 0 aliphatic carbocycles. The Bertz CT molecular complexity index is 504. The number of carbonyl (C=O) groups is 1. The molecular weight excluding hydrogens is 240 g/mol. The van der Waals surface area contributed by atoms with Crippen LogP contribution in [-0.2, 0) is 4.79 Å². The zero-order valence-electron chi connectivity index (χ0n) is 12.0. The Morgan fingerprint density at radius 2 is 1.84 bits per heavy atom. The van der Waals surface area contributed by atoms with Crippen LogP contribution in [-0.4, -0.2) is 21.6 Å². The van der Waals surface area contributed by atoms with Gasteiger partial charge in [0.1, 0.15) is 0 Å². The lowest BCUT2D eigenvalue weighted by molar-refractivity contribution is -0.120. The molecule has 2 heterocycles. The van der Waals surface area contributed by atoms with E-state index in [1.165, 1.54) is 5.01 Å². The Hall–Kier alpha value is -1.78. The molecule has 5 heteroatoms. The number of nitrogens with zero attached hydrogens (tertiary/aromatic N) is 4. The predicted molar refractivity (Wildman–Crippen MR) is 75.1 cm³/mol. The minimum Gasteiger partial charge on any atom is -0.272 e. The van der Waals surface area contributed by atoms with Crippen LogP contribution in [0.25, 0.3) is 0 Å². The molecule has 0 N–H and O–H groups in total. The SMILES string of the molecule is CCCC[C@H]1C(=O)N(c2nc(C)cc(C)n2)N=C1C. The molecule has 0 aromatic carbocycles. The number of unbranched alkanes of at least 4 members (excludes halogenated alkanes) is 1.